The lowest BCUT2D eigenvalue weighted by molar-refractivity contribution is 0.0536. The highest BCUT2D eigenvalue weighted by molar-refractivity contribution is 4.93. The van der Waals surface area contributed by atoms with Gasteiger partial charge in [0.15, 0.2) is 0 Å². The van der Waals surface area contributed by atoms with Gasteiger partial charge < -0.3 is 10.1 Å². The molecule has 2 unspecified atom stereocenters. The minimum atomic E-state index is 0.206. The Kier molecular flexibility index (Phi) is 6.82. The lowest BCUT2D eigenvalue weighted by Crippen LogP contribution is -2.46. The molecular weight excluding hydrogens is 234 g/mol. The molecule has 0 aliphatic carbocycles. The van der Waals surface area contributed by atoms with Gasteiger partial charge in [-0.1, -0.05) is 39.0 Å². The van der Waals surface area contributed by atoms with E-state index < -0.39 is 0 Å². The molecule has 19 heavy (non-hydrogen) atoms. The van der Waals surface area contributed by atoms with Crippen molar-refractivity contribution in [2.75, 3.05) is 13.2 Å². The van der Waals surface area contributed by atoms with Crippen LogP contribution in [0.5, 0.6) is 0 Å². The van der Waals surface area contributed by atoms with Crippen molar-refractivity contribution in [1.29, 1.82) is 0 Å². The topological polar surface area (TPSA) is 21.3 Å². The highest BCUT2D eigenvalue weighted by atomic mass is 16.5. The third-order valence-electron chi connectivity index (χ3n) is 4.58. The average molecular weight is 269 g/mol. The van der Waals surface area contributed by atoms with Gasteiger partial charge in [0, 0.05) is 24.1 Å². The molecule has 0 amide bonds. The number of hydrogen-bond acceptors (Lipinski definition) is 2. The number of unbranched alkanes of at least 4 members (excludes halogenated alkanes) is 4. The molecule has 1 rings (SSSR count). The number of hydrogen-bond donors (Lipinski definition) is 1. The lowest BCUT2D eigenvalue weighted by atomic mass is 9.76. The highest BCUT2D eigenvalue weighted by Gasteiger charge is 2.41. The van der Waals surface area contributed by atoms with Crippen molar-refractivity contribution < 1.29 is 4.74 Å². The molecule has 1 aliphatic rings. The summed E-state index contributed by atoms with van der Waals surface area (Å²) >= 11 is 0. The molecule has 0 aromatic rings. The summed E-state index contributed by atoms with van der Waals surface area (Å²) in [6.45, 7) is 13.4. The van der Waals surface area contributed by atoms with Crippen molar-refractivity contribution in [3.63, 3.8) is 0 Å². The van der Waals surface area contributed by atoms with Gasteiger partial charge in [-0.2, -0.15) is 0 Å². The van der Waals surface area contributed by atoms with Crippen LogP contribution in [0.2, 0.25) is 0 Å². The summed E-state index contributed by atoms with van der Waals surface area (Å²) in [7, 11) is 0. The Morgan fingerprint density at radius 1 is 1.16 bits per heavy atom. The fourth-order valence-electron chi connectivity index (χ4n) is 2.99. The van der Waals surface area contributed by atoms with Crippen molar-refractivity contribution in [2.24, 2.45) is 5.41 Å². The first-order valence-corrected chi connectivity index (χ1v) is 8.26. The van der Waals surface area contributed by atoms with Gasteiger partial charge in [-0.25, -0.2) is 0 Å². The summed E-state index contributed by atoms with van der Waals surface area (Å²) in [5, 5.41) is 3.71. The van der Waals surface area contributed by atoms with Crippen LogP contribution < -0.4 is 5.32 Å². The van der Waals surface area contributed by atoms with Gasteiger partial charge in [-0.15, -0.1) is 0 Å². The first-order valence-electron chi connectivity index (χ1n) is 8.26. The SMILES string of the molecule is CCCCCCCC1(CNC(C)(C)C)CCOC1C. The Labute approximate surface area is 120 Å². The second-order valence-electron chi connectivity index (χ2n) is 7.39. The van der Waals surface area contributed by atoms with Gasteiger partial charge in [-0.3, -0.25) is 0 Å². The molecule has 1 fully saturated rings. The zero-order valence-corrected chi connectivity index (χ0v) is 13.8. The lowest BCUT2D eigenvalue weighted by Gasteiger charge is -2.36. The van der Waals surface area contributed by atoms with Crippen LogP contribution in [0, 0.1) is 5.41 Å². The fraction of sp³-hybridized carbons (Fsp3) is 1.00. The largest absolute Gasteiger partial charge is 0.378 e. The van der Waals surface area contributed by atoms with Gasteiger partial charge in [0.1, 0.15) is 0 Å². The Morgan fingerprint density at radius 2 is 1.84 bits per heavy atom. The quantitative estimate of drug-likeness (QED) is 0.654. The second-order valence-corrected chi connectivity index (χ2v) is 7.39. The Hall–Kier alpha value is -0.0800. The van der Waals surface area contributed by atoms with Gasteiger partial charge in [0.05, 0.1) is 6.10 Å². The maximum absolute atomic E-state index is 5.87. The van der Waals surface area contributed by atoms with E-state index >= 15 is 0 Å². The summed E-state index contributed by atoms with van der Waals surface area (Å²) in [6.07, 6.45) is 9.82. The maximum Gasteiger partial charge on any atom is 0.0616 e. The molecule has 1 heterocycles. The fourth-order valence-corrected chi connectivity index (χ4v) is 2.99. The molecule has 114 valence electrons. The van der Waals surface area contributed by atoms with E-state index in [4.69, 9.17) is 4.74 Å². The molecular formula is C17H35NO. The van der Waals surface area contributed by atoms with E-state index in [1.807, 2.05) is 0 Å². The standard InChI is InChI=1S/C17H35NO/c1-6-7-8-9-10-11-17(12-13-19-15(17)2)14-18-16(3,4)5/h15,18H,6-14H2,1-5H3. The predicted octanol–water partition coefficient (Wildman–Crippen LogP) is 4.53. The number of nitrogens with one attached hydrogen (secondary N) is 1. The molecule has 0 bridgehead atoms. The molecule has 0 saturated carbocycles. The molecule has 1 N–H and O–H groups in total. The normalized spacial score (nSPS) is 27.9. The first kappa shape index (κ1) is 17.0. The van der Waals surface area contributed by atoms with E-state index in [1.165, 1.54) is 44.9 Å². The average Bonchev–Trinajstić information content (AvgIpc) is 2.68. The van der Waals surface area contributed by atoms with Crippen molar-refractivity contribution in [3.8, 4) is 0 Å². The van der Waals surface area contributed by atoms with Gasteiger partial charge in [0.25, 0.3) is 0 Å². The van der Waals surface area contributed by atoms with Crippen LogP contribution >= 0.6 is 0 Å². The zero-order valence-electron chi connectivity index (χ0n) is 13.8. The van der Waals surface area contributed by atoms with Crippen LogP contribution in [-0.4, -0.2) is 24.8 Å². The van der Waals surface area contributed by atoms with Crippen molar-refractivity contribution in [1.82, 2.24) is 5.32 Å². The highest BCUT2D eigenvalue weighted by Crippen LogP contribution is 2.39. The Bertz CT molecular complexity index is 246. The molecule has 0 aromatic carbocycles. The van der Waals surface area contributed by atoms with E-state index in [9.17, 15) is 0 Å². The third-order valence-corrected chi connectivity index (χ3v) is 4.58. The van der Waals surface area contributed by atoms with Gasteiger partial charge in [0.2, 0.25) is 0 Å². The molecule has 1 saturated heterocycles. The Balaban J connectivity index is 2.42. The van der Waals surface area contributed by atoms with Crippen molar-refractivity contribution in [2.45, 2.75) is 91.2 Å². The number of rotatable bonds is 8. The van der Waals surface area contributed by atoms with Crippen LogP contribution in [0.25, 0.3) is 0 Å². The molecule has 2 heteroatoms. The first-order chi connectivity index (χ1) is 8.90. The van der Waals surface area contributed by atoms with Crippen molar-refractivity contribution in [3.05, 3.63) is 0 Å². The van der Waals surface area contributed by atoms with Crippen LogP contribution in [0.1, 0.15) is 79.6 Å². The summed E-state index contributed by atoms with van der Waals surface area (Å²) in [5.41, 5.74) is 0.580. The van der Waals surface area contributed by atoms with E-state index in [2.05, 4.69) is 39.9 Å². The summed E-state index contributed by atoms with van der Waals surface area (Å²) in [6, 6.07) is 0. The van der Waals surface area contributed by atoms with E-state index in [0.29, 0.717) is 11.5 Å². The molecule has 0 spiro atoms. The molecule has 0 aromatic heterocycles. The zero-order chi connectivity index (χ0) is 14.4. The van der Waals surface area contributed by atoms with Crippen LogP contribution in [0.4, 0.5) is 0 Å². The second kappa shape index (κ2) is 7.64. The molecule has 0 radical (unpaired) electrons. The smallest absolute Gasteiger partial charge is 0.0616 e. The predicted molar refractivity (Wildman–Crippen MR) is 83.6 cm³/mol. The van der Waals surface area contributed by atoms with Crippen LogP contribution in [-0.2, 0) is 4.74 Å². The van der Waals surface area contributed by atoms with E-state index in [0.717, 1.165) is 13.2 Å². The monoisotopic (exact) mass is 269 g/mol. The number of ether oxygens (including phenoxy) is 1. The molecule has 2 atom stereocenters. The van der Waals surface area contributed by atoms with Crippen LogP contribution in [0.15, 0.2) is 0 Å². The minimum absolute atomic E-state index is 0.206. The molecule has 2 nitrogen and oxygen atoms in total. The van der Waals surface area contributed by atoms with Gasteiger partial charge in [-0.05, 0) is 40.5 Å². The Morgan fingerprint density at radius 3 is 2.37 bits per heavy atom. The molecule has 1 aliphatic heterocycles. The van der Waals surface area contributed by atoms with E-state index in [-0.39, 0.29) is 5.54 Å². The summed E-state index contributed by atoms with van der Waals surface area (Å²) < 4.78 is 5.87. The maximum atomic E-state index is 5.87. The van der Waals surface area contributed by atoms with Gasteiger partial charge >= 0.3 is 0 Å². The third kappa shape index (κ3) is 5.83. The minimum Gasteiger partial charge on any atom is -0.378 e. The summed E-state index contributed by atoms with van der Waals surface area (Å²) in [5.74, 6) is 0. The summed E-state index contributed by atoms with van der Waals surface area (Å²) in [4.78, 5) is 0. The van der Waals surface area contributed by atoms with Crippen molar-refractivity contribution >= 4 is 0 Å². The van der Waals surface area contributed by atoms with Crippen LogP contribution in [0.3, 0.4) is 0 Å². The van der Waals surface area contributed by atoms with E-state index in [1.54, 1.807) is 0 Å².